The Hall–Kier alpha value is -3.56. The molecule has 0 bridgehead atoms. The van der Waals surface area contributed by atoms with Gasteiger partial charge in [0.05, 0.1) is 24.3 Å². The first kappa shape index (κ1) is 29.4. The normalized spacial score (nSPS) is 17.1. The molecule has 9 heteroatoms. The first-order valence-electron chi connectivity index (χ1n) is 13.9. The number of rotatable bonds is 11. The van der Waals surface area contributed by atoms with E-state index in [4.69, 9.17) is 10.2 Å². The van der Waals surface area contributed by atoms with E-state index in [-0.39, 0.29) is 36.4 Å². The van der Waals surface area contributed by atoms with E-state index in [1.165, 1.54) is 17.7 Å². The van der Waals surface area contributed by atoms with E-state index >= 15 is 0 Å². The Bertz CT molecular complexity index is 1290. The predicted molar refractivity (Wildman–Crippen MR) is 149 cm³/mol. The van der Waals surface area contributed by atoms with Crippen LogP contribution >= 0.6 is 0 Å². The van der Waals surface area contributed by atoms with Crippen molar-refractivity contribution in [1.29, 1.82) is 0 Å². The van der Waals surface area contributed by atoms with Crippen LogP contribution in [0.25, 0.3) is 5.69 Å². The van der Waals surface area contributed by atoms with Crippen molar-refractivity contribution in [2.24, 2.45) is 0 Å². The number of nitrogens with zero attached hydrogens (tertiary/aromatic N) is 3. The maximum Gasteiger partial charge on any atom is 0.305 e. The molecule has 1 fully saturated rings. The van der Waals surface area contributed by atoms with Gasteiger partial charge in [0.25, 0.3) is 5.91 Å². The van der Waals surface area contributed by atoms with Gasteiger partial charge < -0.3 is 20.2 Å². The number of carboxylic acid groups (broad SMARTS) is 1. The molecule has 1 saturated heterocycles. The fourth-order valence-electron chi connectivity index (χ4n) is 5.59. The standard InChI is InChI=1S/C31H38FN3O5/c1-20(2)29-27(15-14-25(36)17-26(37)18-28(38)39)35(24-12-10-23(32)11-13-24)33-30(29)31(40)34-16-6-9-22(19-34)21-7-4-3-5-8-21/h3-5,7-8,10-13,20,22,25-26,36-37H,6,9,14-19H2,1-2H3,(H,38,39)/t22-,25-,26-/m1/s1. The zero-order valence-electron chi connectivity index (χ0n) is 23.0. The molecule has 3 aromatic rings. The molecular weight excluding hydrogens is 513 g/mol. The molecule has 1 aliphatic heterocycles. The number of halogens is 1. The number of hydrogen-bond acceptors (Lipinski definition) is 5. The lowest BCUT2D eigenvalue weighted by Gasteiger charge is -2.33. The van der Waals surface area contributed by atoms with Crippen molar-refractivity contribution in [2.45, 2.75) is 76.4 Å². The van der Waals surface area contributed by atoms with Crippen LogP contribution in [0.4, 0.5) is 4.39 Å². The molecule has 0 spiro atoms. The van der Waals surface area contributed by atoms with Gasteiger partial charge in [0, 0.05) is 30.3 Å². The highest BCUT2D eigenvalue weighted by Gasteiger charge is 2.32. The molecule has 2 heterocycles. The first-order valence-corrected chi connectivity index (χ1v) is 13.9. The summed E-state index contributed by atoms with van der Waals surface area (Å²) in [6.45, 7) is 5.21. The van der Waals surface area contributed by atoms with Crippen LogP contribution in [0.2, 0.25) is 0 Å². The second-order valence-electron chi connectivity index (χ2n) is 10.9. The summed E-state index contributed by atoms with van der Waals surface area (Å²) >= 11 is 0. The smallest absolute Gasteiger partial charge is 0.305 e. The molecule has 1 aliphatic rings. The van der Waals surface area contributed by atoms with E-state index in [0.29, 0.717) is 30.9 Å². The van der Waals surface area contributed by atoms with Gasteiger partial charge >= 0.3 is 5.97 Å². The van der Waals surface area contributed by atoms with Gasteiger partial charge in [0.1, 0.15) is 5.82 Å². The molecule has 1 aromatic heterocycles. The summed E-state index contributed by atoms with van der Waals surface area (Å²) in [5, 5.41) is 34.2. The van der Waals surface area contributed by atoms with Gasteiger partial charge in [-0.2, -0.15) is 5.10 Å². The Morgan fingerprint density at radius 2 is 1.75 bits per heavy atom. The molecule has 3 N–H and O–H groups in total. The Morgan fingerprint density at radius 3 is 2.40 bits per heavy atom. The number of carbonyl (C=O) groups is 2. The van der Waals surface area contributed by atoms with Gasteiger partial charge in [-0.25, -0.2) is 9.07 Å². The predicted octanol–water partition coefficient (Wildman–Crippen LogP) is 4.67. The largest absolute Gasteiger partial charge is 0.481 e. The van der Waals surface area contributed by atoms with Crippen LogP contribution in [0.3, 0.4) is 0 Å². The zero-order valence-corrected chi connectivity index (χ0v) is 23.0. The number of aliphatic hydroxyl groups is 2. The van der Waals surface area contributed by atoms with Gasteiger partial charge in [-0.15, -0.1) is 0 Å². The van der Waals surface area contributed by atoms with Gasteiger partial charge in [-0.05, 0) is 67.9 Å². The highest BCUT2D eigenvalue weighted by molar-refractivity contribution is 5.94. The number of carboxylic acids is 1. The van der Waals surface area contributed by atoms with E-state index < -0.39 is 24.6 Å². The SMILES string of the molecule is CC(C)c1c(C(=O)N2CCC[C@@H](c3ccccc3)C2)nn(-c2ccc(F)cc2)c1CC[C@@H](O)C[C@@H](O)CC(=O)O. The molecule has 40 heavy (non-hydrogen) atoms. The van der Waals surface area contributed by atoms with Crippen LogP contribution in [0, 0.1) is 5.82 Å². The van der Waals surface area contributed by atoms with Crippen molar-refractivity contribution < 1.29 is 29.3 Å². The fraction of sp³-hybridized carbons (Fsp3) is 0.452. The van der Waals surface area contributed by atoms with Crippen molar-refractivity contribution >= 4 is 11.9 Å². The molecule has 0 aliphatic carbocycles. The number of carbonyl (C=O) groups excluding carboxylic acids is 1. The lowest BCUT2D eigenvalue weighted by atomic mass is 9.90. The second-order valence-corrected chi connectivity index (χ2v) is 10.9. The lowest BCUT2D eigenvalue weighted by Crippen LogP contribution is -2.39. The van der Waals surface area contributed by atoms with E-state index in [9.17, 15) is 24.2 Å². The average Bonchev–Trinajstić information content (AvgIpc) is 3.32. The summed E-state index contributed by atoms with van der Waals surface area (Å²) in [5.41, 5.74) is 3.66. The summed E-state index contributed by atoms with van der Waals surface area (Å²) in [6.07, 6.45) is -0.166. The molecule has 8 nitrogen and oxygen atoms in total. The topological polar surface area (TPSA) is 116 Å². The molecule has 1 amide bonds. The molecule has 3 atom stereocenters. The average molecular weight is 552 g/mol. The minimum Gasteiger partial charge on any atom is -0.481 e. The van der Waals surface area contributed by atoms with Crippen molar-refractivity contribution in [3.8, 4) is 5.69 Å². The summed E-state index contributed by atoms with van der Waals surface area (Å²) < 4.78 is 15.4. The van der Waals surface area contributed by atoms with E-state index in [1.54, 1.807) is 16.8 Å². The van der Waals surface area contributed by atoms with E-state index in [0.717, 1.165) is 24.1 Å². The summed E-state index contributed by atoms with van der Waals surface area (Å²) in [4.78, 5) is 26.8. The number of aliphatic carboxylic acids is 1. The van der Waals surface area contributed by atoms with Crippen LogP contribution in [0.5, 0.6) is 0 Å². The van der Waals surface area contributed by atoms with Gasteiger partial charge in [0.2, 0.25) is 0 Å². The minimum atomic E-state index is -1.16. The molecule has 0 saturated carbocycles. The van der Waals surface area contributed by atoms with Gasteiger partial charge in [0.15, 0.2) is 5.69 Å². The molecule has 4 rings (SSSR count). The van der Waals surface area contributed by atoms with Crippen molar-refractivity contribution in [3.63, 3.8) is 0 Å². The van der Waals surface area contributed by atoms with Crippen molar-refractivity contribution in [2.75, 3.05) is 13.1 Å². The Balaban J connectivity index is 1.65. The number of amides is 1. The first-order chi connectivity index (χ1) is 19.1. The number of likely N-dealkylation sites (tertiary alicyclic amines) is 1. The van der Waals surface area contributed by atoms with Crippen molar-refractivity contribution in [1.82, 2.24) is 14.7 Å². The third-order valence-electron chi connectivity index (χ3n) is 7.52. The monoisotopic (exact) mass is 551 g/mol. The highest BCUT2D eigenvalue weighted by Crippen LogP contribution is 2.32. The van der Waals surface area contributed by atoms with Gasteiger partial charge in [-0.1, -0.05) is 44.2 Å². The van der Waals surface area contributed by atoms with Crippen LogP contribution in [-0.2, 0) is 11.2 Å². The maximum absolute atomic E-state index is 14.0. The van der Waals surface area contributed by atoms with E-state index in [1.807, 2.05) is 36.9 Å². The summed E-state index contributed by atoms with van der Waals surface area (Å²) in [6, 6.07) is 16.1. The summed E-state index contributed by atoms with van der Waals surface area (Å²) in [7, 11) is 0. The van der Waals surface area contributed by atoms with Crippen LogP contribution in [0.1, 0.15) is 85.1 Å². The van der Waals surface area contributed by atoms with Crippen molar-refractivity contribution in [3.05, 3.63) is 82.9 Å². The van der Waals surface area contributed by atoms with E-state index in [2.05, 4.69) is 12.1 Å². The number of benzene rings is 2. The number of aromatic nitrogens is 2. The Kier molecular flexibility index (Phi) is 9.71. The number of aliphatic hydroxyl groups excluding tert-OH is 2. The third kappa shape index (κ3) is 7.14. The third-order valence-corrected chi connectivity index (χ3v) is 7.52. The lowest BCUT2D eigenvalue weighted by molar-refractivity contribution is -0.139. The molecule has 2 aromatic carbocycles. The quantitative estimate of drug-likeness (QED) is 0.319. The fourth-order valence-corrected chi connectivity index (χ4v) is 5.59. The minimum absolute atomic E-state index is 0.0624. The Morgan fingerprint density at radius 1 is 1.05 bits per heavy atom. The summed E-state index contributed by atoms with van der Waals surface area (Å²) in [5.74, 6) is -1.49. The van der Waals surface area contributed by atoms with Crippen LogP contribution in [0.15, 0.2) is 54.6 Å². The maximum atomic E-state index is 14.0. The molecular formula is C31H38FN3O5. The molecule has 0 unspecified atom stereocenters. The van der Waals surface area contributed by atoms with Crippen LogP contribution < -0.4 is 0 Å². The molecule has 0 radical (unpaired) electrons. The van der Waals surface area contributed by atoms with Gasteiger partial charge in [-0.3, -0.25) is 9.59 Å². The number of hydrogen-bond donors (Lipinski definition) is 3. The Labute approximate surface area is 234 Å². The second kappa shape index (κ2) is 13.2. The number of piperidine rings is 1. The zero-order chi connectivity index (χ0) is 28.8. The highest BCUT2D eigenvalue weighted by atomic mass is 19.1. The van der Waals surface area contributed by atoms with Crippen LogP contribution in [-0.4, -0.2) is 67.2 Å². The molecule has 214 valence electrons.